The van der Waals surface area contributed by atoms with Gasteiger partial charge in [-0.05, 0) is 23.8 Å². The molecule has 0 saturated carbocycles. The predicted molar refractivity (Wildman–Crippen MR) is 67.4 cm³/mol. The second-order valence-electron chi connectivity index (χ2n) is 4.91. The van der Waals surface area contributed by atoms with Gasteiger partial charge in [0.25, 0.3) is 0 Å². The number of anilines is 1. The maximum atomic E-state index is 10.8. The summed E-state index contributed by atoms with van der Waals surface area (Å²) in [7, 11) is 2.04. The van der Waals surface area contributed by atoms with Crippen molar-refractivity contribution in [3.05, 3.63) is 28.8 Å². The molecule has 2 rings (SSSR count). The lowest BCUT2D eigenvalue weighted by atomic mass is 9.79. The highest BCUT2D eigenvalue weighted by atomic mass is 35.5. The fraction of sp³-hybridized carbons (Fsp3) is 0.462. The fourth-order valence-corrected chi connectivity index (χ4v) is 2.88. The van der Waals surface area contributed by atoms with Crippen LogP contribution in [-0.4, -0.2) is 19.4 Å². The second kappa shape index (κ2) is 3.77. The number of likely N-dealkylation sites (N-methyl/N-ethyl adjacent to an activating group) is 1. The van der Waals surface area contributed by atoms with Crippen molar-refractivity contribution in [3.8, 4) is 0 Å². The van der Waals surface area contributed by atoms with Crippen LogP contribution in [0.25, 0.3) is 0 Å². The molecule has 0 unspecified atom stereocenters. The van der Waals surface area contributed by atoms with Gasteiger partial charge in [-0.2, -0.15) is 0 Å². The highest BCUT2D eigenvalue weighted by molar-refractivity contribution is 6.30. The molecule has 0 aliphatic carbocycles. The molecule has 0 fully saturated rings. The molecular weight excluding hydrogens is 222 g/mol. The number of carbonyl (C=O) groups is 1. The Labute approximate surface area is 101 Å². The van der Waals surface area contributed by atoms with E-state index in [1.807, 2.05) is 25.2 Å². The molecular formula is C13H16ClNO. The van der Waals surface area contributed by atoms with Crippen LogP contribution in [0.3, 0.4) is 0 Å². The quantitative estimate of drug-likeness (QED) is 0.737. The van der Waals surface area contributed by atoms with E-state index < -0.39 is 0 Å². The fourth-order valence-electron chi connectivity index (χ4n) is 2.71. The van der Waals surface area contributed by atoms with Gasteiger partial charge in [0.2, 0.25) is 0 Å². The first-order chi connectivity index (χ1) is 7.48. The van der Waals surface area contributed by atoms with Gasteiger partial charge >= 0.3 is 0 Å². The molecule has 1 aliphatic heterocycles. The van der Waals surface area contributed by atoms with Crippen LogP contribution in [0.2, 0.25) is 5.02 Å². The molecule has 3 heteroatoms. The summed E-state index contributed by atoms with van der Waals surface area (Å²) < 4.78 is 0. The van der Waals surface area contributed by atoms with E-state index in [0.29, 0.717) is 6.42 Å². The summed E-state index contributed by atoms with van der Waals surface area (Å²) in [5.41, 5.74) is 2.38. The SMILES string of the molecule is CN1c2ccc(Cl)cc2C(C)(C)[C@@H]1CC=O. The van der Waals surface area contributed by atoms with Crippen molar-refractivity contribution in [2.45, 2.75) is 31.7 Å². The van der Waals surface area contributed by atoms with E-state index in [-0.39, 0.29) is 11.5 Å². The standard InChI is InChI=1S/C13H16ClNO/c1-13(2)10-8-9(14)4-5-11(10)15(3)12(13)6-7-16/h4-5,7-8,12H,6H2,1-3H3/t12-/m0/s1. The van der Waals surface area contributed by atoms with Gasteiger partial charge < -0.3 is 9.69 Å². The smallest absolute Gasteiger partial charge is 0.122 e. The van der Waals surface area contributed by atoms with Gasteiger partial charge in [-0.25, -0.2) is 0 Å². The average Bonchev–Trinajstić information content (AvgIpc) is 2.40. The first-order valence-corrected chi connectivity index (χ1v) is 5.82. The number of halogens is 1. The van der Waals surface area contributed by atoms with Crippen LogP contribution in [0.5, 0.6) is 0 Å². The maximum Gasteiger partial charge on any atom is 0.122 e. The van der Waals surface area contributed by atoms with E-state index in [4.69, 9.17) is 11.6 Å². The van der Waals surface area contributed by atoms with E-state index in [2.05, 4.69) is 18.7 Å². The third-order valence-electron chi connectivity index (χ3n) is 3.65. The Morgan fingerprint density at radius 1 is 1.50 bits per heavy atom. The van der Waals surface area contributed by atoms with Gasteiger partial charge in [-0.1, -0.05) is 25.4 Å². The van der Waals surface area contributed by atoms with E-state index in [1.165, 1.54) is 11.3 Å². The second-order valence-corrected chi connectivity index (χ2v) is 5.35. The minimum absolute atomic E-state index is 0.0319. The van der Waals surface area contributed by atoms with E-state index in [0.717, 1.165) is 11.3 Å². The summed E-state index contributed by atoms with van der Waals surface area (Å²) in [5, 5.41) is 0.756. The number of fused-ring (bicyclic) bond motifs is 1. The third-order valence-corrected chi connectivity index (χ3v) is 3.89. The zero-order chi connectivity index (χ0) is 11.9. The van der Waals surface area contributed by atoms with Crippen molar-refractivity contribution in [2.24, 2.45) is 0 Å². The van der Waals surface area contributed by atoms with Gasteiger partial charge in [0.1, 0.15) is 6.29 Å². The van der Waals surface area contributed by atoms with Crippen LogP contribution in [0.4, 0.5) is 5.69 Å². The van der Waals surface area contributed by atoms with Crippen molar-refractivity contribution in [1.82, 2.24) is 0 Å². The van der Waals surface area contributed by atoms with Crippen molar-refractivity contribution < 1.29 is 4.79 Å². The summed E-state index contributed by atoms with van der Waals surface area (Å²) in [6, 6.07) is 6.16. The maximum absolute atomic E-state index is 10.8. The third kappa shape index (κ3) is 1.52. The zero-order valence-corrected chi connectivity index (χ0v) is 10.6. The first kappa shape index (κ1) is 11.5. The number of aldehydes is 1. The van der Waals surface area contributed by atoms with E-state index in [1.54, 1.807) is 0 Å². The predicted octanol–water partition coefficient (Wildman–Crippen LogP) is 3.03. The highest BCUT2D eigenvalue weighted by Gasteiger charge is 2.42. The Morgan fingerprint density at radius 2 is 2.19 bits per heavy atom. The Hall–Kier alpha value is -1.02. The van der Waals surface area contributed by atoms with Crippen molar-refractivity contribution in [3.63, 3.8) is 0 Å². The summed E-state index contributed by atoms with van der Waals surface area (Å²) >= 11 is 6.04. The molecule has 16 heavy (non-hydrogen) atoms. The molecule has 1 aromatic rings. The van der Waals surface area contributed by atoms with Crippen molar-refractivity contribution in [1.29, 1.82) is 0 Å². The molecule has 1 aromatic carbocycles. The Bertz CT molecular complexity index is 428. The summed E-state index contributed by atoms with van der Waals surface area (Å²) in [5.74, 6) is 0. The lowest BCUT2D eigenvalue weighted by Gasteiger charge is -2.30. The molecule has 86 valence electrons. The Morgan fingerprint density at radius 3 is 2.81 bits per heavy atom. The Kier molecular flexibility index (Phi) is 2.70. The van der Waals surface area contributed by atoms with Crippen LogP contribution in [0, 0.1) is 0 Å². The molecule has 2 nitrogen and oxygen atoms in total. The lowest BCUT2D eigenvalue weighted by molar-refractivity contribution is -0.108. The molecule has 0 saturated heterocycles. The number of rotatable bonds is 2. The summed E-state index contributed by atoms with van der Waals surface area (Å²) in [6.45, 7) is 4.33. The largest absolute Gasteiger partial charge is 0.370 e. The highest BCUT2D eigenvalue weighted by Crippen LogP contribution is 2.46. The number of hydrogen-bond donors (Lipinski definition) is 0. The van der Waals surface area contributed by atoms with Crippen molar-refractivity contribution >= 4 is 23.6 Å². The summed E-state index contributed by atoms with van der Waals surface area (Å²) in [6.07, 6.45) is 1.55. The molecule has 0 radical (unpaired) electrons. The molecule has 0 aromatic heterocycles. The minimum atomic E-state index is -0.0319. The Balaban J connectivity index is 2.52. The van der Waals surface area contributed by atoms with Crippen molar-refractivity contribution in [2.75, 3.05) is 11.9 Å². The zero-order valence-electron chi connectivity index (χ0n) is 9.83. The molecule has 0 spiro atoms. The van der Waals surface area contributed by atoms with Gasteiger partial charge in [-0.15, -0.1) is 0 Å². The molecule has 0 N–H and O–H groups in total. The van der Waals surface area contributed by atoms with Gasteiger partial charge in [0, 0.05) is 35.6 Å². The first-order valence-electron chi connectivity index (χ1n) is 5.45. The average molecular weight is 238 g/mol. The minimum Gasteiger partial charge on any atom is -0.370 e. The van der Waals surface area contributed by atoms with Crippen LogP contribution in [0.1, 0.15) is 25.8 Å². The van der Waals surface area contributed by atoms with Crippen LogP contribution in [0.15, 0.2) is 18.2 Å². The monoisotopic (exact) mass is 237 g/mol. The van der Waals surface area contributed by atoms with Crippen LogP contribution >= 0.6 is 11.6 Å². The van der Waals surface area contributed by atoms with Gasteiger partial charge in [-0.3, -0.25) is 0 Å². The molecule has 1 atom stereocenters. The number of nitrogens with zero attached hydrogens (tertiary/aromatic N) is 1. The normalized spacial score (nSPS) is 22.0. The number of hydrogen-bond acceptors (Lipinski definition) is 2. The van der Waals surface area contributed by atoms with Gasteiger partial charge in [0.15, 0.2) is 0 Å². The molecule has 1 aliphatic rings. The molecule has 0 bridgehead atoms. The molecule has 1 heterocycles. The van der Waals surface area contributed by atoms with Gasteiger partial charge in [0.05, 0.1) is 0 Å². The van der Waals surface area contributed by atoms with E-state index >= 15 is 0 Å². The molecule has 0 amide bonds. The lowest BCUT2D eigenvalue weighted by Crippen LogP contribution is -2.39. The van der Waals surface area contributed by atoms with Crippen LogP contribution in [-0.2, 0) is 10.2 Å². The number of carbonyl (C=O) groups excluding carboxylic acids is 1. The van der Waals surface area contributed by atoms with Crippen LogP contribution < -0.4 is 4.90 Å². The van der Waals surface area contributed by atoms with E-state index in [9.17, 15) is 4.79 Å². The topological polar surface area (TPSA) is 20.3 Å². The number of benzene rings is 1. The summed E-state index contributed by atoms with van der Waals surface area (Å²) in [4.78, 5) is 12.9.